The van der Waals surface area contributed by atoms with Crippen molar-refractivity contribution >= 4 is 29.2 Å². The average Bonchev–Trinajstić information content (AvgIpc) is 2.37. The second-order valence-corrected chi connectivity index (χ2v) is 5.13. The molecule has 6 nitrogen and oxygen atoms in total. The fourth-order valence-electron chi connectivity index (χ4n) is 1.67. The summed E-state index contributed by atoms with van der Waals surface area (Å²) in [5.41, 5.74) is 0.275. The highest BCUT2D eigenvalue weighted by Crippen LogP contribution is 2.27. The number of rotatable bonds is 3. The first-order valence-electron chi connectivity index (χ1n) is 6.09. The van der Waals surface area contributed by atoms with Crippen LogP contribution in [0.2, 0.25) is 5.02 Å². The summed E-state index contributed by atoms with van der Waals surface area (Å²) in [6.45, 7) is 2.96. The summed E-state index contributed by atoms with van der Waals surface area (Å²) in [6, 6.07) is 4.94. The number of carbonyl (C=O) groups is 2. The van der Waals surface area contributed by atoms with Crippen molar-refractivity contribution in [2.24, 2.45) is 0 Å². The Labute approximate surface area is 126 Å². The van der Waals surface area contributed by atoms with Crippen molar-refractivity contribution in [1.29, 1.82) is 0 Å². The average molecular weight is 312 g/mol. The number of hydrogen-bond acceptors (Lipinski definition) is 6. The highest BCUT2D eigenvalue weighted by Gasteiger charge is 2.38. The van der Waals surface area contributed by atoms with Gasteiger partial charge in [-0.2, -0.15) is 0 Å². The van der Waals surface area contributed by atoms with E-state index in [2.05, 4.69) is 5.32 Å². The molecule has 0 aliphatic carbocycles. The smallest absolute Gasteiger partial charge is 0.350 e. The van der Waals surface area contributed by atoms with Crippen molar-refractivity contribution in [3.8, 4) is 5.75 Å². The molecular weight excluding hydrogens is 298 g/mol. The number of nitrogens with one attached hydrogen (secondary N) is 1. The Morgan fingerprint density at radius 3 is 2.38 bits per heavy atom. The van der Waals surface area contributed by atoms with E-state index in [1.165, 1.54) is 27.2 Å². The quantitative estimate of drug-likeness (QED) is 0.525. The van der Waals surface area contributed by atoms with E-state index in [9.17, 15) is 9.59 Å². The number of anilines is 1. The molecule has 1 heterocycles. The Balaban J connectivity index is 2.18. The van der Waals surface area contributed by atoms with Gasteiger partial charge in [-0.3, -0.25) is 0 Å². The molecule has 0 aromatic heterocycles. The standard InChI is InChI=1S/C14H14ClNO5/c1-14(2)20-12(17)9(13(18)21-14)7-16-11-5-4-8(19-3)6-10(11)15/h4-7,16H,1-3H3. The minimum absolute atomic E-state index is 0.235. The minimum Gasteiger partial charge on any atom is -0.497 e. The summed E-state index contributed by atoms with van der Waals surface area (Å²) in [5.74, 6) is -2.18. The summed E-state index contributed by atoms with van der Waals surface area (Å²) < 4.78 is 15.0. The number of benzene rings is 1. The van der Waals surface area contributed by atoms with Crippen LogP contribution in [-0.4, -0.2) is 24.8 Å². The monoisotopic (exact) mass is 311 g/mol. The molecule has 2 rings (SSSR count). The molecule has 1 aliphatic heterocycles. The number of halogens is 1. The molecule has 21 heavy (non-hydrogen) atoms. The molecule has 1 aromatic carbocycles. The van der Waals surface area contributed by atoms with Crippen LogP contribution in [0, 0.1) is 0 Å². The Kier molecular flexibility index (Phi) is 4.09. The number of methoxy groups -OCH3 is 1. The summed E-state index contributed by atoms with van der Waals surface area (Å²) >= 11 is 6.04. The Bertz CT molecular complexity index is 602. The van der Waals surface area contributed by atoms with Crippen molar-refractivity contribution < 1.29 is 23.8 Å². The van der Waals surface area contributed by atoms with Crippen molar-refractivity contribution in [1.82, 2.24) is 0 Å². The van der Waals surface area contributed by atoms with E-state index < -0.39 is 17.7 Å². The third kappa shape index (κ3) is 3.46. The molecule has 0 atom stereocenters. The first-order valence-corrected chi connectivity index (χ1v) is 6.47. The van der Waals surface area contributed by atoms with Crippen molar-refractivity contribution in [3.05, 3.63) is 35.0 Å². The van der Waals surface area contributed by atoms with Crippen LogP contribution < -0.4 is 10.1 Å². The Morgan fingerprint density at radius 2 is 1.86 bits per heavy atom. The number of cyclic esters (lactones) is 2. The maximum absolute atomic E-state index is 11.7. The molecule has 0 unspecified atom stereocenters. The lowest BCUT2D eigenvalue weighted by atomic mass is 10.2. The van der Waals surface area contributed by atoms with Gasteiger partial charge < -0.3 is 19.5 Å². The van der Waals surface area contributed by atoms with E-state index >= 15 is 0 Å². The van der Waals surface area contributed by atoms with Gasteiger partial charge in [0.15, 0.2) is 5.57 Å². The van der Waals surface area contributed by atoms with Gasteiger partial charge in [0.05, 0.1) is 17.8 Å². The van der Waals surface area contributed by atoms with Crippen molar-refractivity contribution in [2.75, 3.05) is 12.4 Å². The second-order valence-electron chi connectivity index (χ2n) is 4.73. The molecule has 1 aromatic rings. The lowest BCUT2D eigenvalue weighted by Crippen LogP contribution is -2.42. The van der Waals surface area contributed by atoms with Crippen LogP contribution in [0.15, 0.2) is 30.0 Å². The highest BCUT2D eigenvalue weighted by molar-refractivity contribution is 6.33. The molecule has 0 saturated carbocycles. The minimum atomic E-state index is -1.26. The molecule has 0 bridgehead atoms. The lowest BCUT2D eigenvalue weighted by molar-refractivity contribution is -0.222. The summed E-state index contributed by atoms with van der Waals surface area (Å²) in [5, 5.41) is 3.15. The van der Waals surface area contributed by atoms with Gasteiger partial charge in [0.25, 0.3) is 5.79 Å². The zero-order chi connectivity index (χ0) is 15.6. The number of hydrogen-bond donors (Lipinski definition) is 1. The van der Waals surface area contributed by atoms with E-state index in [-0.39, 0.29) is 5.57 Å². The van der Waals surface area contributed by atoms with Gasteiger partial charge in [-0.15, -0.1) is 0 Å². The van der Waals surface area contributed by atoms with Gasteiger partial charge in [-0.25, -0.2) is 9.59 Å². The molecule has 0 radical (unpaired) electrons. The molecular formula is C14H14ClNO5. The molecule has 1 N–H and O–H groups in total. The maximum Gasteiger partial charge on any atom is 0.350 e. The summed E-state index contributed by atoms with van der Waals surface area (Å²) in [7, 11) is 1.52. The molecule has 1 saturated heterocycles. The zero-order valence-corrected chi connectivity index (χ0v) is 12.5. The van der Waals surface area contributed by atoms with E-state index in [4.69, 9.17) is 25.8 Å². The van der Waals surface area contributed by atoms with E-state index in [0.29, 0.717) is 16.5 Å². The fraction of sp³-hybridized carbons (Fsp3) is 0.286. The largest absolute Gasteiger partial charge is 0.497 e. The van der Waals surface area contributed by atoms with Gasteiger partial charge in [-0.05, 0) is 12.1 Å². The van der Waals surface area contributed by atoms with E-state index in [0.717, 1.165) is 0 Å². The maximum atomic E-state index is 11.7. The molecule has 0 amide bonds. The van der Waals surface area contributed by atoms with Crippen LogP contribution in [0.3, 0.4) is 0 Å². The van der Waals surface area contributed by atoms with Crippen LogP contribution in [0.1, 0.15) is 13.8 Å². The van der Waals surface area contributed by atoms with Gasteiger partial charge >= 0.3 is 11.9 Å². The number of carbonyl (C=O) groups excluding carboxylic acids is 2. The predicted octanol–water partition coefficient (Wildman–Crippen LogP) is 2.48. The summed E-state index contributed by atoms with van der Waals surface area (Å²) in [4.78, 5) is 23.5. The zero-order valence-electron chi connectivity index (χ0n) is 11.7. The van der Waals surface area contributed by atoms with Gasteiger partial charge in [0.2, 0.25) is 0 Å². The molecule has 1 fully saturated rings. The third-order valence-electron chi connectivity index (χ3n) is 2.67. The first kappa shape index (κ1) is 15.2. The Morgan fingerprint density at radius 1 is 1.24 bits per heavy atom. The third-order valence-corrected chi connectivity index (χ3v) is 2.98. The number of ether oxygens (including phenoxy) is 3. The summed E-state index contributed by atoms with van der Waals surface area (Å²) in [6.07, 6.45) is 1.20. The van der Waals surface area contributed by atoms with Crippen LogP contribution >= 0.6 is 11.6 Å². The molecule has 7 heteroatoms. The first-order chi connectivity index (χ1) is 9.82. The predicted molar refractivity (Wildman–Crippen MR) is 76.0 cm³/mol. The van der Waals surface area contributed by atoms with E-state index in [1.807, 2.05) is 0 Å². The molecule has 112 valence electrons. The van der Waals surface area contributed by atoms with Gasteiger partial charge in [0.1, 0.15) is 5.75 Å². The fourth-order valence-corrected chi connectivity index (χ4v) is 1.89. The van der Waals surface area contributed by atoms with Crippen molar-refractivity contribution in [3.63, 3.8) is 0 Å². The van der Waals surface area contributed by atoms with Crippen LogP contribution in [0.5, 0.6) is 5.75 Å². The second kappa shape index (κ2) is 5.65. The lowest BCUT2D eigenvalue weighted by Gasteiger charge is -2.29. The topological polar surface area (TPSA) is 73.9 Å². The van der Waals surface area contributed by atoms with Gasteiger partial charge in [-0.1, -0.05) is 11.6 Å². The number of esters is 2. The normalized spacial score (nSPS) is 16.9. The van der Waals surface area contributed by atoms with Crippen LogP contribution in [0.25, 0.3) is 0 Å². The molecule has 0 spiro atoms. The van der Waals surface area contributed by atoms with Crippen LogP contribution in [0.4, 0.5) is 5.69 Å². The Hall–Kier alpha value is -2.21. The highest BCUT2D eigenvalue weighted by atomic mass is 35.5. The van der Waals surface area contributed by atoms with Crippen molar-refractivity contribution in [2.45, 2.75) is 19.6 Å². The van der Waals surface area contributed by atoms with E-state index in [1.54, 1.807) is 18.2 Å². The SMILES string of the molecule is COc1ccc(NC=C2C(=O)OC(C)(C)OC2=O)c(Cl)c1. The van der Waals surface area contributed by atoms with Crippen LogP contribution in [-0.2, 0) is 19.1 Å². The molecule has 1 aliphatic rings. The van der Waals surface area contributed by atoms with Gasteiger partial charge in [0, 0.05) is 26.1 Å².